The maximum absolute atomic E-state index is 11.2. The lowest BCUT2D eigenvalue weighted by atomic mass is 10.5. The molecule has 3 N–H and O–H groups in total. The lowest BCUT2D eigenvalue weighted by Gasteiger charge is -2.15. The second-order valence-corrected chi connectivity index (χ2v) is 6.29. The number of rotatable bonds is 10. The first kappa shape index (κ1) is 16.8. The average Bonchev–Trinajstić information content (AvgIpc) is 2.27. The fraction of sp³-hybridized carbons (Fsp3) is 0.700. The molecule has 0 rings (SSSR count). The van der Waals surface area contributed by atoms with Crippen LogP contribution in [0.1, 0.15) is 19.3 Å². The standard InChI is InChI=1S/C10H18NO6P/c1-17-11-8(12)2-5-18(6-3-9(13)14)7-4-10(15)16/h2-7H2,1H3,(H,11,12)(H,13,14)(H,15,16). The Morgan fingerprint density at radius 2 is 1.44 bits per heavy atom. The molecule has 0 aromatic rings. The van der Waals surface area contributed by atoms with Crippen LogP contribution < -0.4 is 5.48 Å². The second-order valence-electron chi connectivity index (χ2n) is 3.61. The van der Waals surface area contributed by atoms with Crippen LogP contribution in [0.15, 0.2) is 0 Å². The van der Waals surface area contributed by atoms with Crippen LogP contribution in [0.4, 0.5) is 0 Å². The molecule has 0 aromatic heterocycles. The highest BCUT2D eigenvalue weighted by atomic mass is 31.1. The Hall–Kier alpha value is -1.20. The molecule has 0 unspecified atom stereocenters. The Morgan fingerprint density at radius 1 is 1.00 bits per heavy atom. The molecular formula is C10H18NO6P. The van der Waals surface area contributed by atoms with Crippen LogP contribution in [0, 0.1) is 0 Å². The summed E-state index contributed by atoms with van der Waals surface area (Å²) in [6.07, 6.45) is 1.65. The van der Waals surface area contributed by atoms with E-state index in [1.807, 2.05) is 0 Å². The molecule has 0 radical (unpaired) electrons. The topological polar surface area (TPSA) is 113 Å². The van der Waals surface area contributed by atoms with E-state index in [0.29, 0.717) is 18.5 Å². The third kappa shape index (κ3) is 9.99. The first-order valence-electron chi connectivity index (χ1n) is 5.43. The highest BCUT2D eigenvalue weighted by molar-refractivity contribution is 7.57. The lowest BCUT2D eigenvalue weighted by molar-refractivity contribution is -0.137. The van der Waals surface area contributed by atoms with Gasteiger partial charge in [-0.2, -0.15) is 0 Å². The van der Waals surface area contributed by atoms with E-state index in [1.165, 1.54) is 7.11 Å². The molecule has 0 saturated heterocycles. The molecule has 8 heteroatoms. The molecular weight excluding hydrogens is 261 g/mol. The van der Waals surface area contributed by atoms with Gasteiger partial charge in [0.05, 0.1) is 7.11 Å². The summed E-state index contributed by atoms with van der Waals surface area (Å²) < 4.78 is 0. The molecule has 18 heavy (non-hydrogen) atoms. The average molecular weight is 279 g/mol. The number of amides is 1. The van der Waals surface area contributed by atoms with Gasteiger partial charge in [-0.1, -0.05) is 0 Å². The van der Waals surface area contributed by atoms with Crippen molar-refractivity contribution in [1.82, 2.24) is 5.48 Å². The summed E-state index contributed by atoms with van der Waals surface area (Å²) in [4.78, 5) is 36.6. The van der Waals surface area contributed by atoms with Gasteiger partial charge in [-0.05, 0) is 18.5 Å². The maximum atomic E-state index is 11.2. The van der Waals surface area contributed by atoms with Crippen LogP contribution in [0.3, 0.4) is 0 Å². The van der Waals surface area contributed by atoms with Crippen molar-refractivity contribution in [3.8, 4) is 0 Å². The number of nitrogens with one attached hydrogen (secondary N) is 1. The molecule has 0 spiro atoms. The predicted octanol–water partition coefficient (Wildman–Crippen LogP) is 0.485. The molecule has 0 heterocycles. The van der Waals surface area contributed by atoms with Crippen LogP contribution >= 0.6 is 7.92 Å². The van der Waals surface area contributed by atoms with Crippen LogP contribution in [0.5, 0.6) is 0 Å². The molecule has 0 bridgehead atoms. The van der Waals surface area contributed by atoms with Crippen molar-refractivity contribution in [3.63, 3.8) is 0 Å². The van der Waals surface area contributed by atoms with Crippen molar-refractivity contribution < 1.29 is 29.4 Å². The van der Waals surface area contributed by atoms with E-state index in [9.17, 15) is 14.4 Å². The summed E-state index contributed by atoms with van der Waals surface area (Å²) >= 11 is 0. The Kier molecular flexibility index (Phi) is 9.14. The number of hydrogen-bond acceptors (Lipinski definition) is 4. The van der Waals surface area contributed by atoms with Gasteiger partial charge in [0.1, 0.15) is 0 Å². The van der Waals surface area contributed by atoms with Gasteiger partial charge in [0.25, 0.3) is 0 Å². The van der Waals surface area contributed by atoms with Crippen molar-refractivity contribution >= 4 is 25.8 Å². The number of hydroxylamine groups is 1. The minimum atomic E-state index is -0.904. The van der Waals surface area contributed by atoms with Gasteiger partial charge < -0.3 is 10.2 Å². The van der Waals surface area contributed by atoms with Crippen molar-refractivity contribution in [2.45, 2.75) is 19.3 Å². The summed E-state index contributed by atoms with van der Waals surface area (Å²) in [7, 11) is 0.582. The van der Waals surface area contributed by atoms with Crippen molar-refractivity contribution in [2.75, 3.05) is 25.6 Å². The van der Waals surface area contributed by atoms with Gasteiger partial charge in [-0.3, -0.25) is 19.2 Å². The number of aliphatic carboxylic acids is 2. The predicted molar refractivity (Wildman–Crippen MR) is 65.8 cm³/mol. The van der Waals surface area contributed by atoms with Gasteiger partial charge in [0, 0.05) is 19.3 Å². The molecule has 0 aliphatic carbocycles. The van der Waals surface area contributed by atoms with E-state index < -0.39 is 19.9 Å². The minimum absolute atomic E-state index is 0.0111. The summed E-state index contributed by atoms with van der Waals surface area (Å²) in [5.74, 6) is -2.09. The van der Waals surface area contributed by atoms with Gasteiger partial charge >= 0.3 is 11.9 Å². The Morgan fingerprint density at radius 3 is 1.83 bits per heavy atom. The molecule has 0 fully saturated rings. The van der Waals surface area contributed by atoms with Gasteiger partial charge in [-0.25, -0.2) is 5.48 Å². The monoisotopic (exact) mass is 279 g/mol. The third-order valence-corrected chi connectivity index (χ3v) is 4.72. The van der Waals surface area contributed by atoms with E-state index in [0.717, 1.165) is 0 Å². The van der Waals surface area contributed by atoms with Gasteiger partial charge in [0.2, 0.25) is 5.91 Å². The Labute approximate surface area is 106 Å². The van der Waals surface area contributed by atoms with E-state index in [1.54, 1.807) is 0 Å². The zero-order valence-electron chi connectivity index (χ0n) is 10.2. The molecule has 0 aromatic carbocycles. The minimum Gasteiger partial charge on any atom is -0.481 e. The second kappa shape index (κ2) is 9.79. The fourth-order valence-corrected chi connectivity index (χ4v) is 3.47. The number of carboxylic acids is 2. The summed E-state index contributed by atoms with van der Waals surface area (Å²) in [6, 6.07) is 0. The fourth-order valence-electron chi connectivity index (χ4n) is 1.27. The van der Waals surface area contributed by atoms with Crippen LogP contribution in [0.2, 0.25) is 0 Å². The van der Waals surface area contributed by atoms with Crippen LogP contribution in [-0.4, -0.2) is 53.7 Å². The van der Waals surface area contributed by atoms with Gasteiger partial charge in [-0.15, -0.1) is 7.92 Å². The van der Waals surface area contributed by atoms with Crippen LogP contribution in [0.25, 0.3) is 0 Å². The molecule has 0 aliphatic heterocycles. The Balaban J connectivity index is 4.06. The maximum Gasteiger partial charge on any atom is 0.303 e. The number of hydrogen-bond donors (Lipinski definition) is 3. The molecule has 1 amide bonds. The number of carbonyl (C=O) groups excluding carboxylic acids is 1. The van der Waals surface area contributed by atoms with Gasteiger partial charge in [0.15, 0.2) is 0 Å². The zero-order chi connectivity index (χ0) is 14.0. The summed E-state index contributed by atoms with van der Waals surface area (Å²) in [6.45, 7) is 0. The number of carboxylic acid groups (broad SMARTS) is 2. The molecule has 7 nitrogen and oxygen atoms in total. The normalized spacial score (nSPS) is 10.3. The van der Waals surface area contributed by atoms with Crippen molar-refractivity contribution in [3.05, 3.63) is 0 Å². The summed E-state index contributed by atoms with van der Waals surface area (Å²) in [5, 5.41) is 17.2. The van der Waals surface area contributed by atoms with E-state index in [4.69, 9.17) is 10.2 Å². The molecule has 0 saturated carbocycles. The Bertz CT molecular complexity index is 278. The molecule has 0 aliphatic rings. The quantitative estimate of drug-likeness (QED) is 0.396. The van der Waals surface area contributed by atoms with E-state index >= 15 is 0 Å². The number of carbonyl (C=O) groups is 3. The first-order valence-corrected chi connectivity index (χ1v) is 7.33. The van der Waals surface area contributed by atoms with Crippen molar-refractivity contribution in [2.24, 2.45) is 0 Å². The zero-order valence-corrected chi connectivity index (χ0v) is 11.1. The summed E-state index contributed by atoms with van der Waals surface area (Å²) in [5.41, 5.74) is 2.17. The lowest BCUT2D eigenvalue weighted by Crippen LogP contribution is -2.22. The molecule has 0 atom stereocenters. The molecule has 104 valence electrons. The highest BCUT2D eigenvalue weighted by Crippen LogP contribution is 2.37. The van der Waals surface area contributed by atoms with Crippen molar-refractivity contribution in [1.29, 1.82) is 0 Å². The van der Waals surface area contributed by atoms with E-state index in [-0.39, 0.29) is 25.2 Å². The van der Waals surface area contributed by atoms with Crippen LogP contribution in [-0.2, 0) is 19.2 Å². The highest BCUT2D eigenvalue weighted by Gasteiger charge is 2.14. The van der Waals surface area contributed by atoms with E-state index in [2.05, 4.69) is 10.3 Å². The smallest absolute Gasteiger partial charge is 0.303 e. The third-order valence-electron chi connectivity index (χ3n) is 2.15. The SMILES string of the molecule is CONC(=O)CCP(CCC(=O)O)CCC(=O)O. The largest absolute Gasteiger partial charge is 0.481 e. The first-order chi connectivity index (χ1) is 8.45.